The molecule has 0 aliphatic rings. The first-order valence-electron chi connectivity index (χ1n) is 10.6. The molecule has 0 spiro atoms. The summed E-state index contributed by atoms with van der Waals surface area (Å²) in [6.45, 7) is 25.4. The number of hydrogen-bond acceptors (Lipinski definition) is 2. The van der Waals surface area contributed by atoms with Gasteiger partial charge in [-0.25, -0.2) is 0 Å². The number of rotatable bonds is 9. The Bertz CT molecular complexity index is 403. The van der Waals surface area contributed by atoms with Crippen molar-refractivity contribution in [1.82, 2.24) is 0 Å². The molecule has 0 fully saturated rings. The van der Waals surface area contributed by atoms with Crippen LogP contribution in [0, 0.1) is 34.0 Å². The number of hydrogen-bond donors (Lipinski definition) is 0. The van der Waals surface area contributed by atoms with Gasteiger partial charge in [0, 0.05) is 0 Å². The van der Waals surface area contributed by atoms with Crippen LogP contribution in [0.25, 0.3) is 0 Å². The van der Waals surface area contributed by atoms with Gasteiger partial charge in [-0.2, -0.15) is 0 Å². The number of ether oxygens (including phenoxy) is 1. The molecule has 0 bridgehead atoms. The van der Waals surface area contributed by atoms with Crippen LogP contribution in [-0.2, 0) is 9.53 Å². The quantitative estimate of drug-likeness (QED) is 0.394. The van der Waals surface area contributed by atoms with E-state index in [-0.39, 0.29) is 11.4 Å². The average Bonchev–Trinajstić information content (AvgIpc) is 2.31. The Morgan fingerprint density at radius 1 is 0.769 bits per heavy atom. The van der Waals surface area contributed by atoms with Crippen molar-refractivity contribution in [2.75, 3.05) is 6.61 Å². The van der Waals surface area contributed by atoms with Crippen molar-refractivity contribution >= 4 is 5.97 Å². The SMILES string of the molecule is CC(CCC(COC(=O)CC(C)(C)C)C(C)CC(C)(C)C)CC(C)(C)C. The lowest BCUT2D eigenvalue weighted by Gasteiger charge is -2.31. The van der Waals surface area contributed by atoms with E-state index >= 15 is 0 Å². The summed E-state index contributed by atoms with van der Waals surface area (Å²) in [5.41, 5.74) is 0.681. The van der Waals surface area contributed by atoms with Crippen LogP contribution in [0.5, 0.6) is 0 Å². The van der Waals surface area contributed by atoms with Crippen LogP contribution in [0.3, 0.4) is 0 Å². The standard InChI is InChI=1S/C24H48O2/c1-18(14-22(3,4)5)12-13-20(19(2)15-23(6,7)8)17-26-21(25)16-24(9,10)11/h18-20H,12-17H2,1-11H3. The first-order valence-corrected chi connectivity index (χ1v) is 10.6. The molecule has 3 unspecified atom stereocenters. The molecule has 0 rings (SSSR count). The highest BCUT2D eigenvalue weighted by Crippen LogP contribution is 2.34. The Hall–Kier alpha value is -0.530. The molecule has 0 amide bonds. The fraction of sp³-hybridized carbons (Fsp3) is 0.958. The molecule has 156 valence electrons. The van der Waals surface area contributed by atoms with Gasteiger partial charge in [-0.15, -0.1) is 0 Å². The minimum absolute atomic E-state index is 0.00910. The van der Waals surface area contributed by atoms with E-state index in [1.54, 1.807) is 0 Å². The van der Waals surface area contributed by atoms with Crippen molar-refractivity contribution < 1.29 is 9.53 Å². The van der Waals surface area contributed by atoms with E-state index in [4.69, 9.17) is 4.74 Å². The third kappa shape index (κ3) is 14.6. The van der Waals surface area contributed by atoms with Gasteiger partial charge in [-0.05, 0) is 53.3 Å². The smallest absolute Gasteiger partial charge is 0.306 e. The molecule has 0 aromatic rings. The first kappa shape index (κ1) is 25.5. The summed E-state index contributed by atoms with van der Waals surface area (Å²) in [5.74, 6) is 1.69. The Labute approximate surface area is 164 Å². The maximum Gasteiger partial charge on any atom is 0.306 e. The Balaban J connectivity index is 4.77. The van der Waals surface area contributed by atoms with Crippen LogP contribution < -0.4 is 0 Å². The predicted octanol–water partition coefficient (Wildman–Crippen LogP) is 7.51. The molecule has 2 nitrogen and oxygen atoms in total. The summed E-state index contributed by atoms with van der Waals surface area (Å²) in [6, 6.07) is 0. The fourth-order valence-corrected chi connectivity index (χ4v) is 3.99. The first-order chi connectivity index (χ1) is 11.5. The van der Waals surface area contributed by atoms with Crippen LogP contribution in [0.15, 0.2) is 0 Å². The topological polar surface area (TPSA) is 26.3 Å². The molecule has 3 atom stereocenters. The van der Waals surface area contributed by atoms with Gasteiger partial charge in [-0.3, -0.25) is 4.79 Å². The van der Waals surface area contributed by atoms with Crippen molar-refractivity contribution in [3.05, 3.63) is 0 Å². The van der Waals surface area contributed by atoms with Crippen molar-refractivity contribution in [1.29, 1.82) is 0 Å². The van der Waals surface area contributed by atoms with E-state index in [1.165, 1.54) is 19.3 Å². The lowest BCUT2D eigenvalue weighted by Crippen LogP contribution is -2.26. The van der Waals surface area contributed by atoms with Gasteiger partial charge in [0.2, 0.25) is 0 Å². The molecule has 2 heteroatoms. The fourth-order valence-electron chi connectivity index (χ4n) is 3.99. The van der Waals surface area contributed by atoms with Gasteiger partial charge in [0.05, 0.1) is 13.0 Å². The van der Waals surface area contributed by atoms with Gasteiger partial charge >= 0.3 is 5.97 Å². The van der Waals surface area contributed by atoms with Crippen molar-refractivity contribution in [3.63, 3.8) is 0 Å². The number of esters is 1. The maximum atomic E-state index is 12.2. The van der Waals surface area contributed by atoms with Crippen LogP contribution in [-0.4, -0.2) is 12.6 Å². The third-order valence-corrected chi connectivity index (χ3v) is 4.86. The zero-order valence-corrected chi connectivity index (χ0v) is 19.8. The number of carbonyl (C=O) groups excluding carboxylic acids is 1. The Morgan fingerprint density at radius 2 is 1.27 bits per heavy atom. The molecule has 0 radical (unpaired) electrons. The van der Waals surface area contributed by atoms with E-state index in [9.17, 15) is 4.79 Å². The molecule has 0 saturated carbocycles. The maximum absolute atomic E-state index is 12.2. The largest absolute Gasteiger partial charge is 0.465 e. The monoisotopic (exact) mass is 368 g/mol. The summed E-state index contributed by atoms with van der Waals surface area (Å²) in [5, 5.41) is 0. The lowest BCUT2D eigenvalue weighted by molar-refractivity contribution is -0.147. The van der Waals surface area contributed by atoms with Gasteiger partial charge < -0.3 is 4.74 Å². The molecule has 0 aliphatic heterocycles. The molecular weight excluding hydrogens is 320 g/mol. The highest BCUT2D eigenvalue weighted by molar-refractivity contribution is 5.70. The molecule has 0 aromatic carbocycles. The van der Waals surface area contributed by atoms with Gasteiger partial charge in [0.1, 0.15) is 0 Å². The highest BCUT2D eigenvalue weighted by Gasteiger charge is 2.26. The zero-order valence-electron chi connectivity index (χ0n) is 19.8. The number of carbonyl (C=O) groups is 1. The van der Waals surface area contributed by atoms with E-state index in [2.05, 4.69) is 76.2 Å². The van der Waals surface area contributed by atoms with Crippen LogP contribution in [0.1, 0.15) is 108 Å². The molecule has 0 N–H and O–H groups in total. The normalized spacial score (nSPS) is 16.9. The molecule has 0 saturated heterocycles. The Kier molecular flexibility index (Phi) is 9.93. The van der Waals surface area contributed by atoms with Crippen LogP contribution >= 0.6 is 0 Å². The van der Waals surface area contributed by atoms with Crippen molar-refractivity contribution in [2.24, 2.45) is 34.0 Å². The minimum Gasteiger partial charge on any atom is -0.465 e. The molecule has 0 heterocycles. The highest BCUT2D eigenvalue weighted by atomic mass is 16.5. The third-order valence-electron chi connectivity index (χ3n) is 4.86. The molecule has 0 aliphatic carbocycles. The van der Waals surface area contributed by atoms with Crippen molar-refractivity contribution in [2.45, 2.75) is 108 Å². The van der Waals surface area contributed by atoms with Gasteiger partial charge in [0.25, 0.3) is 0 Å². The van der Waals surface area contributed by atoms with E-state index in [0.29, 0.717) is 41.6 Å². The molecule has 26 heavy (non-hydrogen) atoms. The summed E-state index contributed by atoms with van der Waals surface area (Å²) in [4.78, 5) is 12.2. The van der Waals surface area contributed by atoms with Crippen LogP contribution in [0.2, 0.25) is 0 Å². The lowest BCUT2D eigenvalue weighted by atomic mass is 9.76. The second kappa shape index (κ2) is 10.1. The van der Waals surface area contributed by atoms with Crippen LogP contribution in [0.4, 0.5) is 0 Å². The van der Waals surface area contributed by atoms with Gasteiger partial charge in [0.15, 0.2) is 0 Å². The summed E-state index contributed by atoms with van der Waals surface area (Å²) in [6.07, 6.45) is 5.28. The second-order valence-corrected chi connectivity index (χ2v) is 12.4. The minimum atomic E-state index is -0.0480. The summed E-state index contributed by atoms with van der Waals surface area (Å²) >= 11 is 0. The van der Waals surface area contributed by atoms with Gasteiger partial charge in [-0.1, -0.05) is 82.6 Å². The summed E-state index contributed by atoms with van der Waals surface area (Å²) < 4.78 is 5.71. The van der Waals surface area contributed by atoms with E-state index in [0.717, 1.165) is 6.42 Å². The average molecular weight is 369 g/mol. The Morgan fingerprint density at radius 3 is 1.69 bits per heavy atom. The van der Waals surface area contributed by atoms with E-state index < -0.39 is 0 Å². The zero-order chi connectivity index (χ0) is 20.8. The molecule has 0 aromatic heterocycles. The summed E-state index contributed by atoms with van der Waals surface area (Å²) in [7, 11) is 0. The second-order valence-electron chi connectivity index (χ2n) is 12.4. The predicted molar refractivity (Wildman–Crippen MR) is 114 cm³/mol. The van der Waals surface area contributed by atoms with E-state index in [1.807, 2.05) is 0 Å². The van der Waals surface area contributed by atoms with Crippen molar-refractivity contribution in [3.8, 4) is 0 Å². The molecular formula is C24H48O2.